The molecule has 3 rings (SSSR count). The lowest BCUT2D eigenvalue weighted by molar-refractivity contribution is 0.0610. The van der Waals surface area contributed by atoms with Crippen molar-refractivity contribution in [1.29, 1.82) is 0 Å². The fraction of sp³-hybridized carbons (Fsp3) is 0.190. The van der Waals surface area contributed by atoms with E-state index in [0.717, 1.165) is 10.7 Å². The number of benzene rings is 2. The van der Waals surface area contributed by atoms with Crippen molar-refractivity contribution in [2.45, 2.75) is 19.1 Å². The monoisotopic (exact) mass is 431 g/mol. The minimum atomic E-state index is -1.20. The molecule has 30 heavy (non-hydrogen) atoms. The molecule has 2 aromatic carbocycles. The van der Waals surface area contributed by atoms with E-state index in [2.05, 4.69) is 10.4 Å². The molecule has 0 saturated heterocycles. The summed E-state index contributed by atoms with van der Waals surface area (Å²) < 4.78 is 14.7. The Labute approximate surface area is 176 Å². The molecule has 9 heteroatoms. The summed E-state index contributed by atoms with van der Waals surface area (Å²) in [6.45, 7) is 0.937. The quantitative estimate of drug-likeness (QED) is 0.555. The number of hydrogen-bond donors (Lipinski definition) is 3. The van der Waals surface area contributed by atoms with Crippen LogP contribution in [0, 0.1) is 5.82 Å². The summed E-state index contributed by atoms with van der Waals surface area (Å²) in [4.78, 5) is 25.7. The number of carbonyl (C=O) groups excluding carboxylic acids is 1. The SMILES string of the molecule is C[C@H](NC(=O)c1cc(-c2ccc(Cl)cc2)nn(-c2cccc(F)c2)c1=O)[C@H](O)CO. The topological polar surface area (TPSA) is 104 Å². The molecular weight excluding hydrogens is 413 g/mol. The first-order chi connectivity index (χ1) is 14.3. The van der Waals surface area contributed by atoms with Gasteiger partial charge in [-0.3, -0.25) is 9.59 Å². The van der Waals surface area contributed by atoms with Crippen molar-refractivity contribution in [2.24, 2.45) is 0 Å². The van der Waals surface area contributed by atoms with Gasteiger partial charge >= 0.3 is 0 Å². The summed E-state index contributed by atoms with van der Waals surface area (Å²) in [6.07, 6.45) is -1.20. The molecular formula is C21H19ClFN3O4. The maximum atomic E-state index is 13.7. The van der Waals surface area contributed by atoms with Crippen LogP contribution in [0.15, 0.2) is 59.4 Å². The second kappa shape index (κ2) is 9.17. The second-order valence-corrected chi connectivity index (χ2v) is 7.10. The summed E-state index contributed by atoms with van der Waals surface area (Å²) in [6, 6.07) is 12.4. The highest BCUT2D eigenvalue weighted by Gasteiger charge is 2.21. The fourth-order valence-electron chi connectivity index (χ4n) is 2.74. The van der Waals surface area contributed by atoms with E-state index in [-0.39, 0.29) is 16.9 Å². The molecule has 2 atom stereocenters. The van der Waals surface area contributed by atoms with Gasteiger partial charge in [0.25, 0.3) is 11.5 Å². The lowest BCUT2D eigenvalue weighted by atomic mass is 10.1. The highest BCUT2D eigenvalue weighted by molar-refractivity contribution is 6.30. The Hall–Kier alpha value is -3.07. The number of halogens is 2. The lowest BCUT2D eigenvalue weighted by Gasteiger charge is -2.18. The van der Waals surface area contributed by atoms with Gasteiger partial charge in [0.1, 0.15) is 11.4 Å². The summed E-state index contributed by atoms with van der Waals surface area (Å²) in [7, 11) is 0. The lowest BCUT2D eigenvalue weighted by Crippen LogP contribution is -2.44. The van der Waals surface area contributed by atoms with E-state index in [1.54, 1.807) is 24.3 Å². The molecule has 3 aromatic rings. The normalized spacial score (nSPS) is 13.0. The van der Waals surface area contributed by atoms with Gasteiger partial charge in [-0.2, -0.15) is 9.78 Å². The first kappa shape index (κ1) is 21.6. The molecule has 0 aliphatic rings. The maximum Gasteiger partial charge on any atom is 0.284 e. The minimum Gasteiger partial charge on any atom is -0.394 e. The number of nitrogens with one attached hydrogen (secondary N) is 1. The van der Waals surface area contributed by atoms with Crippen molar-refractivity contribution in [3.8, 4) is 16.9 Å². The van der Waals surface area contributed by atoms with E-state index in [4.69, 9.17) is 16.7 Å². The second-order valence-electron chi connectivity index (χ2n) is 6.66. The Bertz CT molecular complexity index is 1120. The van der Waals surface area contributed by atoms with Crippen molar-refractivity contribution in [1.82, 2.24) is 15.1 Å². The van der Waals surface area contributed by atoms with Crippen LogP contribution in [0.4, 0.5) is 4.39 Å². The van der Waals surface area contributed by atoms with Crippen LogP contribution in [-0.4, -0.2) is 44.7 Å². The van der Waals surface area contributed by atoms with E-state index in [1.807, 2.05) is 0 Å². The average Bonchev–Trinajstić information content (AvgIpc) is 2.73. The van der Waals surface area contributed by atoms with Gasteiger partial charge in [0, 0.05) is 10.6 Å². The average molecular weight is 432 g/mol. The molecule has 7 nitrogen and oxygen atoms in total. The molecule has 1 heterocycles. The Morgan fingerprint density at radius 1 is 1.23 bits per heavy atom. The van der Waals surface area contributed by atoms with Gasteiger partial charge < -0.3 is 15.5 Å². The maximum absolute atomic E-state index is 13.7. The van der Waals surface area contributed by atoms with Gasteiger partial charge in [-0.15, -0.1) is 0 Å². The summed E-state index contributed by atoms with van der Waals surface area (Å²) >= 11 is 5.93. The van der Waals surface area contributed by atoms with Gasteiger partial charge in [0.2, 0.25) is 0 Å². The van der Waals surface area contributed by atoms with E-state index in [1.165, 1.54) is 31.2 Å². The first-order valence-corrected chi connectivity index (χ1v) is 9.44. The van der Waals surface area contributed by atoms with Crippen LogP contribution in [0.5, 0.6) is 0 Å². The van der Waals surface area contributed by atoms with Crippen LogP contribution in [0.1, 0.15) is 17.3 Å². The zero-order chi connectivity index (χ0) is 21.8. The van der Waals surface area contributed by atoms with E-state index >= 15 is 0 Å². The van der Waals surface area contributed by atoms with Crippen molar-refractivity contribution in [3.05, 3.63) is 81.4 Å². The molecule has 0 aliphatic heterocycles. The molecule has 1 amide bonds. The van der Waals surface area contributed by atoms with Gasteiger partial charge in [-0.25, -0.2) is 4.39 Å². The van der Waals surface area contributed by atoms with Crippen LogP contribution in [-0.2, 0) is 0 Å². The van der Waals surface area contributed by atoms with Crippen molar-refractivity contribution in [3.63, 3.8) is 0 Å². The predicted octanol–water partition coefficient (Wildman–Crippen LogP) is 2.16. The zero-order valence-corrected chi connectivity index (χ0v) is 16.7. The molecule has 0 spiro atoms. The van der Waals surface area contributed by atoms with Crippen LogP contribution in [0.2, 0.25) is 5.02 Å². The van der Waals surface area contributed by atoms with Gasteiger partial charge in [0.05, 0.1) is 30.1 Å². The number of rotatable bonds is 6. The number of aromatic nitrogens is 2. The predicted molar refractivity (Wildman–Crippen MR) is 110 cm³/mol. The summed E-state index contributed by atoms with van der Waals surface area (Å²) in [5.74, 6) is -1.33. The van der Waals surface area contributed by atoms with Crippen LogP contribution in [0.25, 0.3) is 16.9 Å². The molecule has 0 aliphatic carbocycles. The number of nitrogens with zero attached hydrogens (tertiary/aromatic N) is 2. The minimum absolute atomic E-state index is 0.147. The van der Waals surface area contributed by atoms with Gasteiger partial charge in [-0.05, 0) is 43.3 Å². The first-order valence-electron chi connectivity index (χ1n) is 9.06. The highest BCUT2D eigenvalue weighted by Crippen LogP contribution is 2.20. The number of aliphatic hydroxyl groups excluding tert-OH is 2. The summed E-state index contributed by atoms with van der Waals surface area (Å²) in [5, 5.41) is 26.0. The largest absolute Gasteiger partial charge is 0.394 e. The molecule has 0 saturated carbocycles. The standard InChI is InChI=1S/C21H19ClFN3O4/c1-12(19(28)11-27)24-20(29)17-10-18(13-5-7-14(22)8-6-13)25-26(21(17)30)16-4-2-3-15(23)9-16/h2-10,12,19,27-28H,11H2,1H3,(H,24,29)/t12-,19+/m0/s1. The third-order valence-corrected chi connectivity index (χ3v) is 4.72. The zero-order valence-electron chi connectivity index (χ0n) is 15.9. The third kappa shape index (κ3) is 4.73. The van der Waals surface area contributed by atoms with Crippen LogP contribution < -0.4 is 10.9 Å². The van der Waals surface area contributed by atoms with Gasteiger partial charge in [0.15, 0.2) is 0 Å². The fourth-order valence-corrected chi connectivity index (χ4v) is 2.87. The Morgan fingerprint density at radius 3 is 2.57 bits per heavy atom. The van der Waals surface area contributed by atoms with Crippen molar-refractivity contribution >= 4 is 17.5 Å². The van der Waals surface area contributed by atoms with E-state index < -0.39 is 36.0 Å². The van der Waals surface area contributed by atoms with E-state index in [9.17, 15) is 19.1 Å². The Kier molecular flexibility index (Phi) is 6.61. The number of carbonyl (C=O) groups is 1. The number of amides is 1. The molecule has 0 unspecified atom stereocenters. The number of aliphatic hydroxyl groups is 2. The van der Waals surface area contributed by atoms with E-state index in [0.29, 0.717) is 10.6 Å². The third-order valence-electron chi connectivity index (χ3n) is 4.47. The Balaban J connectivity index is 2.14. The number of hydrogen-bond acceptors (Lipinski definition) is 5. The molecule has 1 aromatic heterocycles. The Morgan fingerprint density at radius 2 is 1.93 bits per heavy atom. The van der Waals surface area contributed by atoms with Gasteiger partial charge in [-0.1, -0.05) is 29.8 Å². The molecule has 0 bridgehead atoms. The van der Waals surface area contributed by atoms with Crippen LogP contribution in [0.3, 0.4) is 0 Å². The molecule has 156 valence electrons. The van der Waals surface area contributed by atoms with Crippen LogP contribution >= 0.6 is 11.6 Å². The van der Waals surface area contributed by atoms with Crippen molar-refractivity contribution < 1.29 is 19.4 Å². The van der Waals surface area contributed by atoms with Crippen molar-refractivity contribution in [2.75, 3.05) is 6.61 Å². The summed E-state index contributed by atoms with van der Waals surface area (Å²) in [5.41, 5.74) is 0.00379. The molecule has 0 fully saturated rings. The smallest absolute Gasteiger partial charge is 0.284 e. The molecule has 3 N–H and O–H groups in total. The molecule has 0 radical (unpaired) electrons. The highest BCUT2D eigenvalue weighted by atomic mass is 35.5.